The number of thioether (sulfide) groups is 1. The fourth-order valence-corrected chi connectivity index (χ4v) is 4.99. The summed E-state index contributed by atoms with van der Waals surface area (Å²) in [4.78, 5) is 0. The van der Waals surface area contributed by atoms with Crippen LogP contribution in [0.15, 0.2) is 0 Å². The average Bonchev–Trinajstić information content (AvgIpc) is 2.75. The standard InChI is InChI=1S/C16H31NS/c1-16(2,3)12-8-5-6-9-13(12)17-14-10-7-11-15(14)18-4/h12-15,17H,5-11H2,1-4H3. The molecule has 0 aromatic heterocycles. The summed E-state index contributed by atoms with van der Waals surface area (Å²) < 4.78 is 0. The molecule has 0 saturated heterocycles. The van der Waals surface area contributed by atoms with Gasteiger partial charge in [-0.15, -0.1) is 0 Å². The monoisotopic (exact) mass is 269 g/mol. The molecule has 2 saturated carbocycles. The molecule has 2 aliphatic carbocycles. The van der Waals surface area contributed by atoms with Crippen molar-refractivity contribution in [2.75, 3.05) is 6.26 Å². The minimum atomic E-state index is 0.464. The van der Waals surface area contributed by atoms with Crippen LogP contribution in [0.3, 0.4) is 0 Å². The molecule has 1 N–H and O–H groups in total. The van der Waals surface area contributed by atoms with Crippen molar-refractivity contribution in [3.63, 3.8) is 0 Å². The Morgan fingerprint density at radius 2 is 1.56 bits per heavy atom. The fraction of sp³-hybridized carbons (Fsp3) is 1.00. The summed E-state index contributed by atoms with van der Waals surface area (Å²) in [7, 11) is 0. The third kappa shape index (κ3) is 3.45. The molecule has 0 heterocycles. The van der Waals surface area contributed by atoms with Gasteiger partial charge < -0.3 is 5.32 Å². The van der Waals surface area contributed by atoms with Crippen molar-refractivity contribution in [1.29, 1.82) is 0 Å². The van der Waals surface area contributed by atoms with Gasteiger partial charge in [0.05, 0.1) is 0 Å². The van der Waals surface area contributed by atoms with E-state index in [2.05, 4.69) is 44.1 Å². The quantitative estimate of drug-likeness (QED) is 0.811. The molecule has 2 heteroatoms. The zero-order chi connectivity index (χ0) is 13.2. The van der Waals surface area contributed by atoms with Crippen molar-refractivity contribution < 1.29 is 0 Å². The van der Waals surface area contributed by atoms with Crippen molar-refractivity contribution in [2.45, 2.75) is 83.1 Å². The highest BCUT2D eigenvalue weighted by Gasteiger charge is 2.37. The molecule has 0 radical (unpaired) electrons. The van der Waals surface area contributed by atoms with Crippen LogP contribution >= 0.6 is 11.8 Å². The van der Waals surface area contributed by atoms with Gasteiger partial charge in [0.1, 0.15) is 0 Å². The molecule has 0 bridgehead atoms. The first-order valence-electron chi connectivity index (χ1n) is 7.81. The van der Waals surface area contributed by atoms with Crippen molar-refractivity contribution >= 4 is 11.8 Å². The summed E-state index contributed by atoms with van der Waals surface area (Å²) in [5.74, 6) is 0.870. The van der Waals surface area contributed by atoms with E-state index in [1.165, 1.54) is 44.9 Å². The van der Waals surface area contributed by atoms with Gasteiger partial charge >= 0.3 is 0 Å². The Morgan fingerprint density at radius 3 is 2.22 bits per heavy atom. The van der Waals surface area contributed by atoms with Gasteiger partial charge in [-0.25, -0.2) is 0 Å². The van der Waals surface area contributed by atoms with Crippen LogP contribution in [0.25, 0.3) is 0 Å². The van der Waals surface area contributed by atoms with Gasteiger partial charge in [0.15, 0.2) is 0 Å². The van der Waals surface area contributed by atoms with E-state index in [1.807, 2.05) is 0 Å². The topological polar surface area (TPSA) is 12.0 Å². The van der Waals surface area contributed by atoms with Crippen LogP contribution in [0.5, 0.6) is 0 Å². The highest BCUT2D eigenvalue weighted by Crippen LogP contribution is 2.39. The molecular weight excluding hydrogens is 238 g/mol. The van der Waals surface area contributed by atoms with Gasteiger partial charge in [-0.2, -0.15) is 11.8 Å². The second-order valence-corrected chi connectivity index (χ2v) is 8.42. The van der Waals surface area contributed by atoms with Gasteiger partial charge in [-0.1, -0.05) is 40.0 Å². The molecule has 0 aliphatic heterocycles. The maximum Gasteiger partial charge on any atom is 0.0198 e. The van der Waals surface area contributed by atoms with E-state index >= 15 is 0 Å². The zero-order valence-electron chi connectivity index (χ0n) is 12.7. The van der Waals surface area contributed by atoms with Crippen LogP contribution in [-0.4, -0.2) is 23.6 Å². The Hall–Kier alpha value is 0.310. The molecule has 0 aromatic carbocycles. The van der Waals surface area contributed by atoms with E-state index in [0.29, 0.717) is 5.41 Å². The van der Waals surface area contributed by atoms with Crippen molar-refractivity contribution in [3.8, 4) is 0 Å². The predicted octanol–water partition coefficient (Wildman–Crippen LogP) is 4.47. The molecule has 2 aliphatic rings. The summed E-state index contributed by atoms with van der Waals surface area (Å²) >= 11 is 2.08. The molecule has 18 heavy (non-hydrogen) atoms. The molecule has 2 rings (SSSR count). The number of hydrogen-bond donors (Lipinski definition) is 1. The second-order valence-electron chi connectivity index (χ2n) is 7.34. The minimum Gasteiger partial charge on any atom is -0.310 e. The van der Waals surface area contributed by atoms with Crippen LogP contribution in [-0.2, 0) is 0 Å². The van der Waals surface area contributed by atoms with E-state index in [4.69, 9.17) is 0 Å². The lowest BCUT2D eigenvalue weighted by molar-refractivity contribution is 0.124. The fourth-order valence-electron chi connectivity index (χ4n) is 4.04. The van der Waals surface area contributed by atoms with Crippen LogP contribution in [0, 0.1) is 11.3 Å². The lowest BCUT2D eigenvalue weighted by Gasteiger charge is -2.42. The van der Waals surface area contributed by atoms with Gasteiger partial charge in [0.2, 0.25) is 0 Å². The maximum atomic E-state index is 4.05. The number of nitrogens with one attached hydrogen (secondary N) is 1. The third-order valence-electron chi connectivity index (χ3n) is 5.06. The largest absolute Gasteiger partial charge is 0.310 e. The van der Waals surface area contributed by atoms with Gasteiger partial charge in [0, 0.05) is 17.3 Å². The minimum absolute atomic E-state index is 0.464. The average molecular weight is 269 g/mol. The van der Waals surface area contributed by atoms with E-state index < -0.39 is 0 Å². The van der Waals surface area contributed by atoms with E-state index in [0.717, 1.165) is 23.3 Å². The van der Waals surface area contributed by atoms with Crippen molar-refractivity contribution in [2.24, 2.45) is 11.3 Å². The number of rotatable bonds is 3. The molecule has 1 nitrogen and oxygen atoms in total. The molecule has 4 unspecified atom stereocenters. The first kappa shape index (κ1) is 14.7. The summed E-state index contributed by atoms with van der Waals surface area (Å²) in [6.07, 6.45) is 12.2. The summed E-state index contributed by atoms with van der Waals surface area (Å²) in [6, 6.07) is 1.56. The van der Waals surface area contributed by atoms with Crippen LogP contribution in [0.2, 0.25) is 0 Å². The first-order chi connectivity index (χ1) is 8.52. The second kappa shape index (κ2) is 6.17. The molecule has 0 spiro atoms. The smallest absolute Gasteiger partial charge is 0.0198 e. The Balaban J connectivity index is 1.97. The first-order valence-corrected chi connectivity index (χ1v) is 9.10. The highest BCUT2D eigenvalue weighted by molar-refractivity contribution is 7.99. The van der Waals surface area contributed by atoms with E-state index in [9.17, 15) is 0 Å². The Bertz CT molecular complexity index is 258. The Labute approximate surface area is 118 Å². The zero-order valence-corrected chi connectivity index (χ0v) is 13.5. The lowest BCUT2D eigenvalue weighted by Crippen LogP contribution is -2.49. The molecule has 0 aromatic rings. The maximum absolute atomic E-state index is 4.05. The molecule has 0 amide bonds. The van der Waals surface area contributed by atoms with Gasteiger partial charge in [0.25, 0.3) is 0 Å². The molecular formula is C16H31NS. The predicted molar refractivity (Wildman–Crippen MR) is 83.3 cm³/mol. The van der Waals surface area contributed by atoms with Crippen molar-refractivity contribution in [3.05, 3.63) is 0 Å². The van der Waals surface area contributed by atoms with Gasteiger partial charge in [-0.3, -0.25) is 0 Å². The molecule has 106 valence electrons. The van der Waals surface area contributed by atoms with Crippen LogP contribution in [0.1, 0.15) is 65.7 Å². The van der Waals surface area contributed by atoms with E-state index in [1.54, 1.807) is 0 Å². The van der Waals surface area contributed by atoms with Crippen molar-refractivity contribution in [1.82, 2.24) is 5.32 Å². The summed E-state index contributed by atoms with van der Waals surface area (Å²) in [6.45, 7) is 7.29. The van der Waals surface area contributed by atoms with Crippen LogP contribution < -0.4 is 5.32 Å². The van der Waals surface area contributed by atoms with Crippen LogP contribution in [0.4, 0.5) is 0 Å². The van der Waals surface area contributed by atoms with E-state index in [-0.39, 0.29) is 0 Å². The normalized spacial score (nSPS) is 38.0. The lowest BCUT2D eigenvalue weighted by atomic mass is 9.69. The van der Waals surface area contributed by atoms with Gasteiger partial charge in [-0.05, 0) is 43.3 Å². The molecule has 2 fully saturated rings. The Kier molecular flexibility index (Phi) is 5.05. The molecule has 4 atom stereocenters. The summed E-state index contributed by atoms with van der Waals surface area (Å²) in [5.41, 5.74) is 0.464. The number of hydrogen-bond acceptors (Lipinski definition) is 2. The SMILES string of the molecule is CSC1CCCC1NC1CCCCC1C(C)(C)C. The summed E-state index contributed by atoms with van der Waals surface area (Å²) in [5, 5.41) is 4.92. The third-order valence-corrected chi connectivity index (χ3v) is 6.23. The highest BCUT2D eigenvalue weighted by atomic mass is 32.2. The Morgan fingerprint density at radius 1 is 0.889 bits per heavy atom.